The van der Waals surface area contributed by atoms with E-state index in [9.17, 15) is 10.2 Å². The molecule has 0 aliphatic rings. The summed E-state index contributed by atoms with van der Waals surface area (Å²) in [6.07, 6.45) is 0. The van der Waals surface area contributed by atoms with Gasteiger partial charge in [0.1, 0.15) is 11.5 Å². The number of aromatic hydroxyl groups is 2. The lowest BCUT2D eigenvalue weighted by Crippen LogP contribution is -1.82. The Bertz CT molecular complexity index is 698. The summed E-state index contributed by atoms with van der Waals surface area (Å²) in [4.78, 5) is 0. The molecule has 0 unspecified atom stereocenters. The van der Waals surface area contributed by atoms with Gasteiger partial charge in [0.15, 0.2) is 0 Å². The lowest BCUT2D eigenvalue weighted by Gasteiger charge is -2.08. The van der Waals surface area contributed by atoms with Crippen molar-refractivity contribution in [2.24, 2.45) is 0 Å². The van der Waals surface area contributed by atoms with E-state index in [2.05, 4.69) is 22.0 Å². The predicted octanol–water partition coefficient (Wildman–Crippen LogP) is 5.19. The molecular weight excluding hydrogens is 328 g/mol. The zero-order chi connectivity index (χ0) is 14.8. The molecule has 2 N–H and O–H groups in total. The van der Waals surface area contributed by atoms with Crippen molar-refractivity contribution in [2.75, 3.05) is 0 Å². The fraction of sp³-hybridized carbons (Fsp3) is 0. The van der Waals surface area contributed by atoms with E-state index in [1.807, 2.05) is 36.4 Å². The summed E-state index contributed by atoms with van der Waals surface area (Å²) in [5, 5.41) is 18.8. The first kappa shape index (κ1) is 13.7. The first-order valence-corrected chi connectivity index (χ1v) is 7.30. The molecule has 0 spiro atoms. The normalized spacial score (nSPS) is 10.5. The molecule has 0 heterocycles. The Kier molecular flexibility index (Phi) is 3.67. The van der Waals surface area contributed by atoms with Crippen LogP contribution in [-0.4, -0.2) is 10.2 Å². The molecule has 0 saturated carbocycles. The summed E-state index contributed by atoms with van der Waals surface area (Å²) >= 11 is 3.54. The van der Waals surface area contributed by atoms with Crippen molar-refractivity contribution in [3.63, 3.8) is 0 Å². The van der Waals surface area contributed by atoms with E-state index < -0.39 is 0 Å². The monoisotopic (exact) mass is 340 g/mol. The average molecular weight is 341 g/mol. The maximum absolute atomic E-state index is 9.38. The van der Waals surface area contributed by atoms with Gasteiger partial charge in [-0.2, -0.15) is 0 Å². The van der Waals surface area contributed by atoms with E-state index in [1.165, 1.54) is 0 Å². The van der Waals surface area contributed by atoms with Crippen LogP contribution in [0.5, 0.6) is 11.5 Å². The van der Waals surface area contributed by atoms with Crippen molar-refractivity contribution in [2.45, 2.75) is 0 Å². The van der Waals surface area contributed by atoms with Crippen LogP contribution in [0.15, 0.2) is 71.2 Å². The van der Waals surface area contributed by atoms with E-state index >= 15 is 0 Å². The molecule has 2 nitrogen and oxygen atoms in total. The molecule has 0 saturated heterocycles. The fourth-order valence-corrected chi connectivity index (χ4v) is 2.72. The van der Waals surface area contributed by atoms with E-state index in [4.69, 9.17) is 0 Å². The molecule has 0 aliphatic carbocycles. The molecule has 0 bridgehead atoms. The second-order valence-corrected chi connectivity index (χ2v) is 5.74. The molecule has 0 aliphatic heterocycles. The highest BCUT2D eigenvalue weighted by atomic mass is 79.9. The van der Waals surface area contributed by atoms with E-state index in [1.54, 1.807) is 24.3 Å². The number of benzene rings is 3. The number of phenolic OH excluding ortho intramolecular Hbond substituents is 2. The zero-order valence-electron chi connectivity index (χ0n) is 11.1. The first-order chi connectivity index (χ1) is 10.1. The highest BCUT2D eigenvalue weighted by Crippen LogP contribution is 2.31. The first-order valence-electron chi connectivity index (χ1n) is 6.51. The average Bonchev–Trinajstić information content (AvgIpc) is 2.48. The second-order valence-electron chi connectivity index (χ2n) is 4.82. The third-order valence-electron chi connectivity index (χ3n) is 3.30. The molecule has 0 atom stereocenters. The van der Waals surface area contributed by atoms with Gasteiger partial charge < -0.3 is 10.2 Å². The fourth-order valence-electron chi connectivity index (χ4n) is 2.23. The van der Waals surface area contributed by atoms with Crippen LogP contribution in [-0.2, 0) is 0 Å². The molecular formula is C18H13BrO2. The smallest absolute Gasteiger partial charge is 0.115 e. The van der Waals surface area contributed by atoms with E-state index in [0.29, 0.717) is 0 Å². The molecule has 0 amide bonds. The number of hydrogen-bond acceptors (Lipinski definition) is 2. The van der Waals surface area contributed by atoms with Gasteiger partial charge in [-0.3, -0.25) is 0 Å². The highest BCUT2D eigenvalue weighted by Gasteiger charge is 2.05. The van der Waals surface area contributed by atoms with Crippen molar-refractivity contribution in [3.05, 3.63) is 71.2 Å². The maximum Gasteiger partial charge on any atom is 0.115 e. The predicted molar refractivity (Wildman–Crippen MR) is 88.3 cm³/mol. The molecule has 3 aromatic rings. The second kappa shape index (κ2) is 5.62. The van der Waals surface area contributed by atoms with Gasteiger partial charge in [0.2, 0.25) is 0 Å². The van der Waals surface area contributed by atoms with Gasteiger partial charge in [-0.1, -0.05) is 40.2 Å². The summed E-state index contributed by atoms with van der Waals surface area (Å²) in [5.41, 5.74) is 4.20. The lowest BCUT2D eigenvalue weighted by molar-refractivity contribution is 0.475. The summed E-state index contributed by atoms with van der Waals surface area (Å²) in [6.45, 7) is 0. The van der Waals surface area contributed by atoms with Crippen molar-refractivity contribution in [3.8, 4) is 33.8 Å². The molecule has 3 heteroatoms. The standard InChI is InChI=1S/C18H13BrO2/c19-16-10-14(12-1-5-17(20)6-2-12)9-15(11-16)13-3-7-18(21)8-4-13/h1-11,20-21H. The summed E-state index contributed by atoms with van der Waals surface area (Å²) in [7, 11) is 0. The lowest BCUT2D eigenvalue weighted by atomic mass is 9.99. The molecule has 3 aromatic carbocycles. The van der Waals surface area contributed by atoms with Gasteiger partial charge in [-0.15, -0.1) is 0 Å². The van der Waals surface area contributed by atoms with Crippen LogP contribution in [0, 0.1) is 0 Å². The molecule has 104 valence electrons. The minimum absolute atomic E-state index is 0.257. The number of rotatable bonds is 2. The third-order valence-corrected chi connectivity index (χ3v) is 3.76. The Morgan fingerprint density at radius 1 is 0.524 bits per heavy atom. The minimum Gasteiger partial charge on any atom is -0.508 e. The quantitative estimate of drug-likeness (QED) is 0.673. The van der Waals surface area contributed by atoms with Crippen molar-refractivity contribution in [1.29, 1.82) is 0 Å². The van der Waals surface area contributed by atoms with Crippen LogP contribution in [0.25, 0.3) is 22.3 Å². The van der Waals surface area contributed by atoms with Crippen LogP contribution in [0.3, 0.4) is 0 Å². The van der Waals surface area contributed by atoms with Gasteiger partial charge in [0, 0.05) is 4.47 Å². The Morgan fingerprint density at radius 3 is 1.29 bits per heavy atom. The van der Waals surface area contributed by atoms with Crippen molar-refractivity contribution < 1.29 is 10.2 Å². The van der Waals surface area contributed by atoms with Gasteiger partial charge in [0.05, 0.1) is 0 Å². The van der Waals surface area contributed by atoms with Gasteiger partial charge >= 0.3 is 0 Å². The van der Waals surface area contributed by atoms with Crippen molar-refractivity contribution >= 4 is 15.9 Å². The zero-order valence-corrected chi connectivity index (χ0v) is 12.7. The Hall–Kier alpha value is -2.26. The van der Waals surface area contributed by atoms with Crippen molar-refractivity contribution in [1.82, 2.24) is 0 Å². The van der Waals surface area contributed by atoms with Crippen LogP contribution < -0.4 is 0 Å². The van der Waals surface area contributed by atoms with Crippen LogP contribution in [0.4, 0.5) is 0 Å². The van der Waals surface area contributed by atoms with Crippen LogP contribution in [0.2, 0.25) is 0 Å². The number of hydrogen-bond donors (Lipinski definition) is 2. The molecule has 3 rings (SSSR count). The van der Waals surface area contributed by atoms with Gasteiger partial charge in [0.25, 0.3) is 0 Å². The SMILES string of the molecule is Oc1ccc(-c2cc(Br)cc(-c3ccc(O)cc3)c2)cc1. The summed E-state index contributed by atoms with van der Waals surface area (Å²) in [6, 6.07) is 20.4. The van der Waals surface area contributed by atoms with E-state index in [0.717, 1.165) is 26.7 Å². The van der Waals surface area contributed by atoms with Crippen LogP contribution in [0.1, 0.15) is 0 Å². The highest BCUT2D eigenvalue weighted by molar-refractivity contribution is 9.10. The van der Waals surface area contributed by atoms with E-state index in [-0.39, 0.29) is 11.5 Å². The molecule has 21 heavy (non-hydrogen) atoms. The Balaban J connectivity index is 2.07. The number of phenols is 2. The Morgan fingerprint density at radius 2 is 0.905 bits per heavy atom. The maximum atomic E-state index is 9.38. The minimum atomic E-state index is 0.257. The third kappa shape index (κ3) is 3.09. The molecule has 0 radical (unpaired) electrons. The van der Waals surface area contributed by atoms with Gasteiger partial charge in [-0.25, -0.2) is 0 Å². The largest absolute Gasteiger partial charge is 0.508 e. The Labute approximate surface area is 131 Å². The summed E-state index contributed by atoms with van der Waals surface area (Å²) < 4.78 is 0.983. The number of halogens is 1. The molecule has 0 fully saturated rings. The van der Waals surface area contributed by atoms with Gasteiger partial charge in [-0.05, 0) is 64.7 Å². The summed E-state index contributed by atoms with van der Waals surface area (Å²) in [5.74, 6) is 0.514. The van der Waals surface area contributed by atoms with Crippen LogP contribution >= 0.6 is 15.9 Å². The molecule has 0 aromatic heterocycles. The topological polar surface area (TPSA) is 40.5 Å².